The Kier molecular flexibility index (Phi) is 7.10. The van der Waals surface area contributed by atoms with Crippen molar-refractivity contribution < 1.29 is 14.3 Å². The van der Waals surface area contributed by atoms with Gasteiger partial charge in [0.25, 0.3) is 0 Å². The summed E-state index contributed by atoms with van der Waals surface area (Å²) in [6, 6.07) is 9.08. The lowest BCUT2D eigenvalue weighted by atomic mass is 10.2. The third kappa shape index (κ3) is 4.71. The first-order chi connectivity index (χ1) is 13.9. The molecular weight excluding hydrogens is 482 g/mol. The summed E-state index contributed by atoms with van der Waals surface area (Å²) in [6.45, 7) is 1.03. The Hall–Kier alpha value is -1.75. The van der Waals surface area contributed by atoms with Crippen LogP contribution in [0.5, 0.6) is 0 Å². The minimum atomic E-state index is -0.765. The van der Waals surface area contributed by atoms with Gasteiger partial charge in [0.05, 0.1) is 20.0 Å². The van der Waals surface area contributed by atoms with E-state index in [-0.39, 0.29) is 16.4 Å². The normalized spacial score (nSPS) is 17.5. The highest BCUT2D eigenvalue weighted by Crippen LogP contribution is 2.30. The summed E-state index contributed by atoms with van der Waals surface area (Å²) >= 11 is 10.4. The molecule has 11 heteroatoms. The number of halogens is 2. The van der Waals surface area contributed by atoms with E-state index in [1.807, 2.05) is 30.3 Å². The van der Waals surface area contributed by atoms with Gasteiger partial charge >= 0.3 is 12.1 Å². The van der Waals surface area contributed by atoms with E-state index in [1.165, 1.54) is 16.2 Å². The quantitative estimate of drug-likeness (QED) is 0.439. The summed E-state index contributed by atoms with van der Waals surface area (Å²) in [6.07, 6.45) is -0.761. The lowest BCUT2D eigenvalue weighted by Crippen LogP contribution is -2.58. The zero-order chi connectivity index (χ0) is 21.0. The summed E-state index contributed by atoms with van der Waals surface area (Å²) in [4.78, 5) is 29.2. The number of hydrogen-bond donors (Lipinski definition) is 0. The first-order valence-corrected chi connectivity index (χ1v) is 11.5. The van der Waals surface area contributed by atoms with Crippen LogP contribution in [0.25, 0.3) is 0 Å². The average molecular weight is 504 g/mol. The Labute approximate surface area is 186 Å². The third-order valence-corrected chi connectivity index (χ3v) is 6.33. The number of urea groups is 1. The van der Waals surface area contributed by atoms with Crippen LogP contribution < -0.4 is 9.38 Å². The second kappa shape index (κ2) is 9.38. The molecule has 156 valence electrons. The highest BCUT2D eigenvalue weighted by atomic mass is 79.9. The van der Waals surface area contributed by atoms with Crippen molar-refractivity contribution in [1.82, 2.24) is 19.6 Å². The molecule has 2 aromatic rings. The fourth-order valence-electron chi connectivity index (χ4n) is 2.94. The van der Waals surface area contributed by atoms with Gasteiger partial charge < -0.3 is 9.64 Å². The van der Waals surface area contributed by atoms with E-state index in [4.69, 9.17) is 16.3 Å². The number of anilines is 1. The molecule has 1 aromatic heterocycles. The maximum atomic E-state index is 13.1. The predicted molar refractivity (Wildman–Crippen MR) is 118 cm³/mol. The number of nitrogens with zero attached hydrogens (tertiary/aromatic N) is 5. The second-order valence-electron chi connectivity index (χ2n) is 6.86. The zero-order valence-electron chi connectivity index (χ0n) is 16.1. The van der Waals surface area contributed by atoms with Crippen molar-refractivity contribution in [2.75, 3.05) is 37.4 Å². The Morgan fingerprint density at radius 1 is 1.34 bits per heavy atom. The van der Waals surface area contributed by atoms with Crippen LogP contribution in [0.2, 0.25) is 0 Å². The van der Waals surface area contributed by atoms with Crippen molar-refractivity contribution in [1.29, 1.82) is 0 Å². The molecule has 1 aromatic carbocycles. The van der Waals surface area contributed by atoms with Crippen molar-refractivity contribution in [3.8, 4) is 0 Å². The van der Waals surface area contributed by atoms with Gasteiger partial charge in [-0.3, -0.25) is 0 Å². The van der Waals surface area contributed by atoms with Gasteiger partial charge in [-0.2, -0.15) is 9.28 Å². The molecule has 0 saturated carbocycles. The van der Waals surface area contributed by atoms with Crippen molar-refractivity contribution in [3.05, 3.63) is 35.3 Å². The number of alkyl halides is 2. The minimum absolute atomic E-state index is 0.104. The first-order valence-electron chi connectivity index (χ1n) is 9.01. The molecule has 0 spiro atoms. The number of quaternary nitrogens is 1. The smallest absolute Gasteiger partial charge is 0.395 e. The van der Waals surface area contributed by atoms with E-state index in [0.717, 1.165) is 5.69 Å². The van der Waals surface area contributed by atoms with E-state index >= 15 is 0 Å². The molecule has 2 heterocycles. The molecular formula is C18H22BrClN5O3S+. The summed E-state index contributed by atoms with van der Waals surface area (Å²) < 4.78 is 5.72. The zero-order valence-corrected chi connectivity index (χ0v) is 19.3. The SMILES string of the molecule is C[N+](C)(C(=O)OC1CCN(CCBr)C(=O)N1c1nnc(CCl)s1)c1ccccc1. The van der Waals surface area contributed by atoms with Crippen molar-refractivity contribution >= 4 is 61.8 Å². The number of ether oxygens (including phenoxy) is 1. The molecule has 1 fully saturated rings. The van der Waals surface area contributed by atoms with Gasteiger partial charge in [-0.1, -0.05) is 45.5 Å². The maximum Gasteiger partial charge on any atom is 0.522 e. The van der Waals surface area contributed by atoms with E-state index < -0.39 is 12.3 Å². The predicted octanol–water partition coefficient (Wildman–Crippen LogP) is 4.03. The van der Waals surface area contributed by atoms with Crippen LogP contribution in [-0.2, 0) is 10.6 Å². The molecule has 0 bridgehead atoms. The first kappa shape index (κ1) is 21.9. The Morgan fingerprint density at radius 2 is 2.07 bits per heavy atom. The standard InChI is InChI=1S/C18H22BrClN5O3S/c1-25(2,13-6-4-3-5-7-13)18(27)28-15-8-10-23(11-9-19)17(26)24(15)16-22-21-14(12-20)29-16/h3-7,15H,8-12H2,1-2H3/q+1. The van der Waals surface area contributed by atoms with Crippen molar-refractivity contribution in [3.63, 3.8) is 0 Å². The number of benzene rings is 1. The van der Waals surface area contributed by atoms with E-state index in [9.17, 15) is 9.59 Å². The Balaban J connectivity index is 1.85. The molecule has 3 rings (SSSR count). The van der Waals surface area contributed by atoms with Gasteiger partial charge in [-0.25, -0.2) is 9.69 Å². The van der Waals surface area contributed by atoms with E-state index in [2.05, 4.69) is 26.1 Å². The summed E-state index contributed by atoms with van der Waals surface area (Å²) in [7, 11) is 3.50. The fourth-order valence-corrected chi connectivity index (χ4v) is 4.31. The third-order valence-electron chi connectivity index (χ3n) is 4.64. The summed E-state index contributed by atoms with van der Waals surface area (Å²) in [5.41, 5.74) is 0.785. The van der Waals surface area contributed by atoms with Gasteiger partial charge in [-0.05, 0) is 12.1 Å². The van der Waals surface area contributed by atoms with Gasteiger partial charge in [0.2, 0.25) is 5.13 Å². The lowest BCUT2D eigenvalue weighted by Gasteiger charge is -2.39. The highest BCUT2D eigenvalue weighted by Gasteiger charge is 2.42. The van der Waals surface area contributed by atoms with Crippen LogP contribution in [0, 0.1) is 0 Å². The van der Waals surface area contributed by atoms with Crippen LogP contribution in [0.4, 0.5) is 20.4 Å². The van der Waals surface area contributed by atoms with Crippen molar-refractivity contribution in [2.24, 2.45) is 0 Å². The number of carbonyl (C=O) groups excluding carboxylic acids is 2. The molecule has 1 aliphatic heterocycles. The Morgan fingerprint density at radius 3 is 2.69 bits per heavy atom. The van der Waals surface area contributed by atoms with Crippen LogP contribution in [0.1, 0.15) is 11.4 Å². The number of para-hydroxylation sites is 1. The number of rotatable bonds is 6. The van der Waals surface area contributed by atoms with Crippen molar-refractivity contribution in [2.45, 2.75) is 18.5 Å². The van der Waals surface area contributed by atoms with Crippen LogP contribution in [0.3, 0.4) is 0 Å². The van der Waals surface area contributed by atoms with Crippen LogP contribution in [0.15, 0.2) is 30.3 Å². The topological polar surface area (TPSA) is 75.6 Å². The van der Waals surface area contributed by atoms with Gasteiger partial charge in [0.1, 0.15) is 10.7 Å². The second-order valence-corrected chi connectivity index (χ2v) is 8.96. The number of amides is 3. The fraction of sp³-hybridized carbons (Fsp3) is 0.444. The molecule has 1 saturated heterocycles. The minimum Gasteiger partial charge on any atom is -0.395 e. The summed E-state index contributed by atoms with van der Waals surface area (Å²) in [5.74, 6) is 0.202. The molecule has 29 heavy (non-hydrogen) atoms. The molecule has 1 unspecified atom stereocenters. The number of hydrogen-bond acceptors (Lipinski definition) is 6. The largest absolute Gasteiger partial charge is 0.522 e. The number of aromatic nitrogens is 2. The maximum absolute atomic E-state index is 13.1. The van der Waals surface area contributed by atoms with E-state index in [1.54, 1.807) is 19.0 Å². The molecule has 0 N–H and O–H groups in total. The van der Waals surface area contributed by atoms with Gasteiger partial charge in [0.15, 0.2) is 6.23 Å². The number of carbonyl (C=O) groups is 2. The average Bonchev–Trinajstić information content (AvgIpc) is 3.19. The van der Waals surface area contributed by atoms with Gasteiger partial charge in [0, 0.05) is 24.8 Å². The molecule has 0 aliphatic carbocycles. The highest BCUT2D eigenvalue weighted by molar-refractivity contribution is 9.09. The summed E-state index contributed by atoms with van der Waals surface area (Å²) in [5, 5.41) is 9.70. The molecule has 3 amide bonds. The van der Waals surface area contributed by atoms with E-state index in [0.29, 0.717) is 35.0 Å². The molecule has 1 aliphatic rings. The van der Waals surface area contributed by atoms with Crippen LogP contribution in [-0.4, -0.2) is 66.0 Å². The monoisotopic (exact) mass is 502 g/mol. The molecule has 0 radical (unpaired) electrons. The Bertz CT molecular complexity index is 866. The molecule has 1 atom stereocenters. The molecule has 8 nitrogen and oxygen atoms in total. The lowest BCUT2D eigenvalue weighted by molar-refractivity contribution is 0.0554. The van der Waals surface area contributed by atoms with Gasteiger partial charge in [-0.15, -0.1) is 21.8 Å². The van der Waals surface area contributed by atoms with Crippen LogP contribution >= 0.6 is 38.9 Å².